The van der Waals surface area contributed by atoms with Gasteiger partial charge in [-0.3, -0.25) is 0 Å². The average molecular weight is 237 g/mol. The summed E-state index contributed by atoms with van der Waals surface area (Å²) in [5.41, 5.74) is 6.87. The van der Waals surface area contributed by atoms with E-state index in [1.165, 1.54) is 0 Å². The Bertz CT molecular complexity index is 357. The SMILES string of the molecule is COc1ccccc1[C@@H](O)C[C@H](N)C(C)(C)C. The molecule has 0 spiro atoms. The summed E-state index contributed by atoms with van der Waals surface area (Å²) < 4.78 is 5.23. The van der Waals surface area contributed by atoms with Crippen molar-refractivity contribution < 1.29 is 9.84 Å². The smallest absolute Gasteiger partial charge is 0.124 e. The molecular weight excluding hydrogens is 214 g/mol. The van der Waals surface area contributed by atoms with Crippen molar-refractivity contribution in [3.05, 3.63) is 29.8 Å². The Morgan fingerprint density at radius 3 is 2.41 bits per heavy atom. The lowest BCUT2D eigenvalue weighted by Gasteiger charge is -2.29. The predicted molar refractivity (Wildman–Crippen MR) is 70.0 cm³/mol. The average Bonchev–Trinajstić information content (AvgIpc) is 2.27. The zero-order chi connectivity index (χ0) is 13.1. The molecule has 3 nitrogen and oxygen atoms in total. The molecule has 2 atom stereocenters. The minimum absolute atomic E-state index is 0.0109. The lowest BCUT2D eigenvalue weighted by molar-refractivity contribution is 0.130. The maximum atomic E-state index is 10.2. The van der Waals surface area contributed by atoms with Crippen molar-refractivity contribution in [2.24, 2.45) is 11.1 Å². The molecule has 0 radical (unpaired) electrons. The summed E-state index contributed by atoms with van der Waals surface area (Å²) in [7, 11) is 1.61. The molecule has 0 aliphatic rings. The zero-order valence-electron chi connectivity index (χ0n) is 11.1. The Kier molecular flexibility index (Phi) is 4.54. The minimum Gasteiger partial charge on any atom is -0.496 e. The van der Waals surface area contributed by atoms with Crippen LogP contribution in [0.25, 0.3) is 0 Å². The molecule has 96 valence electrons. The summed E-state index contributed by atoms with van der Waals surface area (Å²) in [6.07, 6.45) is -0.0514. The van der Waals surface area contributed by atoms with Crippen LogP contribution in [0.2, 0.25) is 0 Å². The van der Waals surface area contributed by atoms with Crippen LogP contribution in [-0.2, 0) is 0 Å². The van der Waals surface area contributed by atoms with E-state index < -0.39 is 6.10 Å². The Balaban J connectivity index is 2.79. The van der Waals surface area contributed by atoms with E-state index in [0.29, 0.717) is 12.2 Å². The summed E-state index contributed by atoms with van der Waals surface area (Å²) in [6.45, 7) is 6.23. The number of methoxy groups -OCH3 is 1. The third-order valence-corrected chi connectivity index (χ3v) is 3.09. The highest BCUT2D eigenvalue weighted by Crippen LogP contribution is 2.31. The first-order chi connectivity index (χ1) is 7.86. The fraction of sp³-hybridized carbons (Fsp3) is 0.571. The van der Waals surface area contributed by atoms with Gasteiger partial charge in [-0.1, -0.05) is 39.0 Å². The number of hydrogen-bond acceptors (Lipinski definition) is 3. The normalized spacial score (nSPS) is 15.4. The van der Waals surface area contributed by atoms with E-state index in [0.717, 1.165) is 5.56 Å². The van der Waals surface area contributed by atoms with E-state index in [-0.39, 0.29) is 11.5 Å². The maximum Gasteiger partial charge on any atom is 0.124 e. The van der Waals surface area contributed by atoms with E-state index in [9.17, 15) is 5.11 Å². The third kappa shape index (κ3) is 3.72. The van der Waals surface area contributed by atoms with Crippen molar-refractivity contribution in [2.75, 3.05) is 7.11 Å². The molecule has 1 aromatic rings. The molecule has 0 aliphatic carbocycles. The molecule has 3 heteroatoms. The van der Waals surface area contributed by atoms with Gasteiger partial charge in [0.1, 0.15) is 5.75 Å². The quantitative estimate of drug-likeness (QED) is 0.846. The summed E-state index contributed by atoms with van der Waals surface area (Å²) in [4.78, 5) is 0. The molecule has 1 rings (SSSR count). The van der Waals surface area contributed by atoms with Gasteiger partial charge in [0.05, 0.1) is 13.2 Å². The fourth-order valence-electron chi connectivity index (χ4n) is 1.66. The highest BCUT2D eigenvalue weighted by atomic mass is 16.5. The van der Waals surface area contributed by atoms with Crippen LogP contribution in [0.4, 0.5) is 0 Å². The molecule has 17 heavy (non-hydrogen) atoms. The van der Waals surface area contributed by atoms with Crippen molar-refractivity contribution in [3.63, 3.8) is 0 Å². The van der Waals surface area contributed by atoms with Gasteiger partial charge >= 0.3 is 0 Å². The number of benzene rings is 1. The number of hydrogen-bond donors (Lipinski definition) is 2. The van der Waals surface area contributed by atoms with Crippen LogP contribution >= 0.6 is 0 Å². The Morgan fingerprint density at radius 2 is 1.88 bits per heavy atom. The molecule has 0 bridgehead atoms. The Labute approximate surface area is 104 Å². The van der Waals surface area contributed by atoms with Gasteiger partial charge in [-0.25, -0.2) is 0 Å². The van der Waals surface area contributed by atoms with Crippen molar-refractivity contribution in [3.8, 4) is 5.75 Å². The van der Waals surface area contributed by atoms with Crippen LogP contribution in [0.15, 0.2) is 24.3 Å². The second-order valence-electron chi connectivity index (χ2n) is 5.47. The van der Waals surface area contributed by atoms with E-state index >= 15 is 0 Å². The van der Waals surface area contributed by atoms with Gasteiger partial charge < -0.3 is 15.6 Å². The van der Waals surface area contributed by atoms with E-state index in [2.05, 4.69) is 20.8 Å². The molecule has 0 unspecified atom stereocenters. The molecule has 0 fully saturated rings. The van der Waals surface area contributed by atoms with E-state index in [1.54, 1.807) is 7.11 Å². The zero-order valence-corrected chi connectivity index (χ0v) is 11.1. The van der Waals surface area contributed by atoms with Crippen molar-refractivity contribution in [2.45, 2.75) is 39.3 Å². The first-order valence-corrected chi connectivity index (χ1v) is 5.93. The molecule has 0 heterocycles. The van der Waals surface area contributed by atoms with Crippen LogP contribution in [0.1, 0.15) is 38.9 Å². The molecular formula is C14H23NO2. The van der Waals surface area contributed by atoms with Gasteiger partial charge in [0.25, 0.3) is 0 Å². The topological polar surface area (TPSA) is 55.5 Å². The van der Waals surface area contributed by atoms with Crippen LogP contribution in [-0.4, -0.2) is 18.3 Å². The largest absolute Gasteiger partial charge is 0.496 e. The summed E-state index contributed by atoms with van der Waals surface area (Å²) in [5, 5.41) is 10.2. The predicted octanol–water partition coefficient (Wildman–Crippen LogP) is 2.49. The number of nitrogens with two attached hydrogens (primary N) is 1. The maximum absolute atomic E-state index is 10.2. The number of aliphatic hydroxyl groups is 1. The van der Waals surface area contributed by atoms with E-state index in [1.807, 2.05) is 24.3 Å². The molecule has 0 saturated carbocycles. The first kappa shape index (κ1) is 14.0. The Hall–Kier alpha value is -1.06. The number of aliphatic hydroxyl groups excluding tert-OH is 1. The molecule has 3 N–H and O–H groups in total. The van der Waals surface area contributed by atoms with Gasteiger partial charge in [0, 0.05) is 11.6 Å². The highest BCUT2D eigenvalue weighted by Gasteiger charge is 2.25. The molecule has 0 amide bonds. The molecule has 0 aromatic heterocycles. The van der Waals surface area contributed by atoms with Crippen LogP contribution in [0.5, 0.6) is 5.75 Å². The van der Waals surface area contributed by atoms with Crippen LogP contribution in [0.3, 0.4) is 0 Å². The highest BCUT2D eigenvalue weighted by molar-refractivity contribution is 5.35. The van der Waals surface area contributed by atoms with Gasteiger partial charge in [-0.15, -0.1) is 0 Å². The van der Waals surface area contributed by atoms with Gasteiger partial charge in [0.2, 0.25) is 0 Å². The second kappa shape index (κ2) is 5.52. The lowest BCUT2D eigenvalue weighted by atomic mass is 9.83. The number of para-hydroxylation sites is 1. The fourth-order valence-corrected chi connectivity index (χ4v) is 1.66. The standard InChI is InChI=1S/C14H23NO2/c1-14(2,3)13(15)9-11(16)10-7-5-6-8-12(10)17-4/h5-8,11,13,16H,9,15H2,1-4H3/t11-,13-/m0/s1. The van der Waals surface area contributed by atoms with Crippen molar-refractivity contribution in [1.29, 1.82) is 0 Å². The summed E-state index contributed by atoms with van der Waals surface area (Å²) >= 11 is 0. The van der Waals surface area contributed by atoms with Crippen molar-refractivity contribution >= 4 is 0 Å². The van der Waals surface area contributed by atoms with Crippen LogP contribution < -0.4 is 10.5 Å². The lowest BCUT2D eigenvalue weighted by Crippen LogP contribution is -2.36. The van der Waals surface area contributed by atoms with Crippen molar-refractivity contribution in [1.82, 2.24) is 0 Å². The first-order valence-electron chi connectivity index (χ1n) is 5.93. The number of ether oxygens (including phenoxy) is 1. The summed E-state index contributed by atoms with van der Waals surface area (Å²) in [6, 6.07) is 7.45. The second-order valence-corrected chi connectivity index (χ2v) is 5.47. The monoisotopic (exact) mass is 237 g/mol. The van der Waals surface area contributed by atoms with Gasteiger partial charge in [-0.2, -0.15) is 0 Å². The number of rotatable bonds is 4. The Morgan fingerprint density at radius 1 is 1.29 bits per heavy atom. The molecule has 1 aromatic carbocycles. The summed E-state index contributed by atoms with van der Waals surface area (Å²) in [5.74, 6) is 0.709. The van der Waals surface area contributed by atoms with E-state index in [4.69, 9.17) is 10.5 Å². The third-order valence-electron chi connectivity index (χ3n) is 3.09. The van der Waals surface area contributed by atoms with Gasteiger partial charge in [-0.05, 0) is 17.9 Å². The molecule has 0 aliphatic heterocycles. The van der Waals surface area contributed by atoms with Crippen LogP contribution in [0, 0.1) is 5.41 Å². The van der Waals surface area contributed by atoms with Gasteiger partial charge in [0.15, 0.2) is 0 Å². The minimum atomic E-state index is -0.583. The molecule has 0 saturated heterocycles.